The molecule has 0 unspecified atom stereocenters. The van der Waals surface area contributed by atoms with Crippen LogP contribution >= 0.6 is 10.7 Å². The van der Waals surface area contributed by atoms with Gasteiger partial charge in [0.15, 0.2) is 0 Å². The van der Waals surface area contributed by atoms with Crippen molar-refractivity contribution in [3.05, 3.63) is 29.3 Å². The molecule has 1 heterocycles. The van der Waals surface area contributed by atoms with Crippen LogP contribution in [0.3, 0.4) is 0 Å². The lowest BCUT2D eigenvalue weighted by Crippen LogP contribution is -2.38. The van der Waals surface area contributed by atoms with Crippen LogP contribution in [0.4, 0.5) is 13.2 Å². The molecule has 1 aromatic carbocycles. The molecule has 19 heavy (non-hydrogen) atoms. The largest absolute Gasteiger partial charge is 0.401 e. The third-order valence-corrected chi connectivity index (χ3v) is 4.37. The average Bonchev–Trinajstić information content (AvgIpc) is 2.24. The Labute approximate surface area is 113 Å². The van der Waals surface area contributed by atoms with E-state index in [0.717, 1.165) is 0 Å². The molecule has 2 rings (SSSR count). The van der Waals surface area contributed by atoms with Crippen molar-refractivity contribution in [1.29, 1.82) is 0 Å². The quantitative estimate of drug-likeness (QED) is 0.787. The predicted molar refractivity (Wildman–Crippen MR) is 64.5 cm³/mol. The fraction of sp³-hybridized carbons (Fsp3) is 0.455. The Hall–Kier alpha value is -0.790. The van der Waals surface area contributed by atoms with Crippen molar-refractivity contribution in [2.24, 2.45) is 0 Å². The lowest BCUT2D eigenvalue weighted by atomic mass is 10.00. The number of hydrogen-bond donors (Lipinski definition) is 0. The van der Waals surface area contributed by atoms with Crippen molar-refractivity contribution in [1.82, 2.24) is 4.90 Å². The lowest BCUT2D eigenvalue weighted by molar-refractivity contribution is -0.147. The van der Waals surface area contributed by atoms with Gasteiger partial charge in [-0.1, -0.05) is 12.1 Å². The van der Waals surface area contributed by atoms with Gasteiger partial charge in [-0.15, -0.1) is 0 Å². The van der Waals surface area contributed by atoms with Crippen LogP contribution in [-0.4, -0.2) is 32.6 Å². The normalized spacial score (nSPS) is 17.3. The summed E-state index contributed by atoms with van der Waals surface area (Å²) in [5, 5.41) is 0. The van der Waals surface area contributed by atoms with Crippen molar-refractivity contribution in [3.8, 4) is 0 Å². The van der Waals surface area contributed by atoms with E-state index in [1.807, 2.05) is 0 Å². The van der Waals surface area contributed by atoms with Crippen molar-refractivity contribution < 1.29 is 21.6 Å². The van der Waals surface area contributed by atoms with Gasteiger partial charge in [0.2, 0.25) is 0 Å². The molecule has 1 aliphatic rings. The number of fused-ring (bicyclic) bond motifs is 1. The highest BCUT2D eigenvalue weighted by atomic mass is 35.7. The fourth-order valence-corrected chi connectivity index (χ4v) is 3.45. The number of rotatable bonds is 2. The fourth-order valence-electron chi connectivity index (χ4n) is 2.25. The highest BCUT2D eigenvalue weighted by Gasteiger charge is 2.33. The molecule has 0 saturated carbocycles. The van der Waals surface area contributed by atoms with Crippen LogP contribution < -0.4 is 0 Å². The van der Waals surface area contributed by atoms with Gasteiger partial charge >= 0.3 is 6.18 Å². The van der Waals surface area contributed by atoms with Crippen molar-refractivity contribution in [2.75, 3.05) is 13.1 Å². The summed E-state index contributed by atoms with van der Waals surface area (Å²) in [7, 11) is 1.45. The van der Waals surface area contributed by atoms with Gasteiger partial charge in [0.25, 0.3) is 9.05 Å². The molecule has 1 aliphatic heterocycles. The van der Waals surface area contributed by atoms with E-state index in [1.54, 1.807) is 6.07 Å². The van der Waals surface area contributed by atoms with Crippen LogP contribution in [0.2, 0.25) is 0 Å². The predicted octanol–water partition coefficient (Wildman–Crippen LogP) is 2.53. The smallest absolute Gasteiger partial charge is 0.290 e. The zero-order valence-electron chi connectivity index (χ0n) is 9.74. The van der Waals surface area contributed by atoms with Crippen molar-refractivity contribution >= 4 is 19.7 Å². The molecule has 0 radical (unpaired) electrons. The first-order valence-corrected chi connectivity index (χ1v) is 7.82. The van der Waals surface area contributed by atoms with E-state index in [4.69, 9.17) is 10.7 Å². The summed E-state index contributed by atoms with van der Waals surface area (Å²) < 4.78 is 59.8. The van der Waals surface area contributed by atoms with Gasteiger partial charge in [-0.25, -0.2) is 8.42 Å². The third kappa shape index (κ3) is 3.61. The molecule has 0 atom stereocenters. The lowest BCUT2D eigenvalue weighted by Gasteiger charge is -2.30. The first-order chi connectivity index (χ1) is 8.67. The van der Waals surface area contributed by atoms with Gasteiger partial charge in [0.05, 0.1) is 11.4 Å². The number of benzene rings is 1. The Balaban J connectivity index is 2.29. The number of alkyl halides is 3. The number of nitrogens with zero attached hydrogens (tertiary/aromatic N) is 1. The zero-order chi connectivity index (χ0) is 14.3. The monoisotopic (exact) mass is 313 g/mol. The van der Waals surface area contributed by atoms with E-state index >= 15 is 0 Å². The second-order valence-electron chi connectivity index (χ2n) is 4.41. The molecule has 8 heteroatoms. The Morgan fingerprint density at radius 2 is 2.00 bits per heavy atom. The second kappa shape index (κ2) is 4.96. The standard InChI is InChI=1S/C11H11ClF3NO2S/c12-19(17,18)10-3-1-2-8-6-16(5-4-9(8)10)7-11(13,14)15/h1-3H,4-7H2. The molecule has 0 spiro atoms. The summed E-state index contributed by atoms with van der Waals surface area (Å²) in [4.78, 5) is 1.24. The molecule has 0 fully saturated rings. The van der Waals surface area contributed by atoms with E-state index in [9.17, 15) is 21.6 Å². The highest BCUT2D eigenvalue weighted by Crippen LogP contribution is 2.29. The SMILES string of the molecule is O=S(=O)(Cl)c1cccc2c1CCN(CC(F)(F)F)C2. The van der Waals surface area contributed by atoms with Crippen molar-refractivity contribution in [3.63, 3.8) is 0 Å². The van der Waals surface area contributed by atoms with Crippen LogP contribution in [0, 0.1) is 0 Å². The van der Waals surface area contributed by atoms with E-state index in [1.165, 1.54) is 17.0 Å². The summed E-state index contributed by atoms with van der Waals surface area (Å²) in [6, 6.07) is 4.50. The van der Waals surface area contributed by atoms with E-state index in [-0.39, 0.29) is 24.4 Å². The van der Waals surface area contributed by atoms with Crippen LogP contribution in [0.1, 0.15) is 11.1 Å². The minimum Gasteiger partial charge on any atom is -0.290 e. The van der Waals surface area contributed by atoms with Crippen LogP contribution in [-0.2, 0) is 22.0 Å². The molecule has 0 aliphatic carbocycles. The summed E-state index contributed by atoms with van der Waals surface area (Å²) in [6.07, 6.45) is -4.01. The molecule has 0 aromatic heterocycles. The molecular weight excluding hydrogens is 303 g/mol. The summed E-state index contributed by atoms with van der Waals surface area (Å²) in [5.41, 5.74) is 1.10. The van der Waals surface area contributed by atoms with E-state index in [2.05, 4.69) is 0 Å². The molecule has 0 bridgehead atoms. The van der Waals surface area contributed by atoms with Gasteiger partial charge in [-0.05, 0) is 23.6 Å². The van der Waals surface area contributed by atoms with Crippen LogP contribution in [0.15, 0.2) is 23.1 Å². The van der Waals surface area contributed by atoms with Gasteiger partial charge in [0.1, 0.15) is 0 Å². The Bertz CT molecular complexity index is 586. The molecular formula is C11H11ClF3NO2S. The van der Waals surface area contributed by atoms with Crippen molar-refractivity contribution in [2.45, 2.75) is 24.0 Å². The first kappa shape index (κ1) is 14.6. The number of halogens is 4. The molecule has 0 N–H and O–H groups in total. The van der Waals surface area contributed by atoms with E-state index in [0.29, 0.717) is 11.1 Å². The third-order valence-electron chi connectivity index (χ3n) is 2.97. The molecule has 0 amide bonds. The summed E-state index contributed by atoms with van der Waals surface area (Å²) in [6.45, 7) is -0.755. The van der Waals surface area contributed by atoms with Crippen LogP contribution in [0.25, 0.3) is 0 Å². The number of hydrogen-bond acceptors (Lipinski definition) is 3. The maximum Gasteiger partial charge on any atom is 0.401 e. The maximum atomic E-state index is 12.3. The minimum atomic E-state index is -4.26. The minimum absolute atomic E-state index is 0.00155. The Morgan fingerprint density at radius 3 is 2.58 bits per heavy atom. The summed E-state index contributed by atoms with van der Waals surface area (Å²) in [5.74, 6) is 0. The van der Waals surface area contributed by atoms with Crippen LogP contribution in [0.5, 0.6) is 0 Å². The van der Waals surface area contributed by atoms with E-state index < -0.39 is 21.8 Å². The Kier molecular flexibility index (Phi) is 3.81. The maximum absolute atomic E-state index is 12.3. The molecule has 1 aromatic rings. The zero-order valence-corrected chi connectivity index (χ0v) is 11.3. The van der Waals surface area contributed by atoms with Gasteiger partial charge in [-0.2, -0.15) is 13.2 Å². The average molecular weight is 314 g/mol. The topological polar surface area (TPSA) is 37.4 Å². The van der Waals surface area contributed by atoms with Gasteiger partial charge in [0, 0.05) is 23.8 Å². The van der Waals surface area contributed by atoms with Gasteiger partial charge in [-0.3, -0.25) is 4.90 Å². The molecule has 106 valence electrons. The second-order valence-corrected chi connectivity index (χ2v) is 6.94. The Morgan fingerprint density at radius 1 is 1.32 bits per heavy atom. The summed E-state index contributed by atoms with van der Waals surface area (Å²) >= 11 is 0. The van der Waals surface area contributed by atoms with Gasteiger partial charge < -0.3 is 0 Å². The molecule has 0 saturated heterocycles. The first-order valence-electron chi connectivity index (χ1n) is 5.51. The molecule has 3 nitrogen and oxygen atoms in total. The highest BCUT2D eigenvalue weighted by molar-refractivity contribution is 8.13.